The quantitative estimate of drug-likeness (QED) is 0.708. The number of aromatic nitrogens is 2. The number of amides is 2. The Hall–Kier alpha value is -2.86. The fourth-order valence-corrected chi connectivity index (χ4v) is 3.00. The van der Waals surface area contributed by atoms with Gasteiger partial charge in [0.05, 0.1) is 5.52 Å². The third-order valence-corrected chi connectivity index (χ3v) is 4.62. The summed E-state index contributed by atoms with van der Waals surface area (Å²) in [5.41, 5.74) is 1.76. The molecule has 3 rings (SSSR count). The Kier molecular flexibility index (Phi) is 5.76. The fraction of sp³-hybridized carbons (Fsp3) is 0.250. The maximum absolute atomic E-state index is 12.8. The van der Waals surface area contributed by atoms with Crippen molar-refractivity contribution in [3.8, 4) is 0 Å². The van der Waals surface area contributed by atoms with Crippen molar-refractivity contribution in [3.05, 3.63) is 70.8 Å². The first kappa shape index (κ1) is 18.9. The van der Waals surface area contributed by atoms with Crippen LogP contribution in [0.15, 0.2) is 48.7 Å². The molecule has 0 aliphatic carbocycles. The molecule has 0 unspecified atom stereocenters. The average molecular weight is 385 g/mol. The van der Waals surface area contributed by atoms with Crippen LogP contribution in [0.2, 0.25) is 5.02 Å². The highest BCUT2D eigenvalue weighted by atomic mass is 35.5. The number of hydrogen-bond donors (Lipinski definition) is 1. The lowest BCUT2D eigenvalue weighted by atomic mass is 10.2. The van der Waals surface area contributed by atoms with Gasteiger partial charge in [-0.2, -0.15) is 0 Å². The van der Waals surface area contributed by atoms with Gasteiger partial charge in [-0.25, -0.2) is 4.98 Å². The van der Waals surface area contributed by atoms with E-state index in [0.717, 1.165) is 5.56 Å². The summed E-state index contributed by atoms with van der Waals surface area (Å²) in [6.45, 7) is 5.33. The second kappa shape index (κ2) is 8.22. The highest BCUT2D eigenvalue weighted by Crippen LogP contribution is 2.15. The Morgan fingerprint density at radius 1 is 1.11 bits per heavy atom. The molecule has 0 fully saturated rings. The molecule has 0 aliphatic rings. The summed E-state index contributed by atoms with van der Waals surface area (Å²) in [6.07, 6.45) is 1.75. The summed E-state index contributed by atoms with van der Waals surface area (Å²) < 4.78 is 1.66. The first-order valence-corrected chi connectivity index (χ1v) is 9.22. The molecule has 2 aromatic heterocycles. The molecule has 0 atom stereocenters. The van der Waals surface area contributed by atoms with Gasteiger partial charge >= 0.3 is 0 Å². The number of carbonyl (C=O) groups is 2. The van der Waals surface area contributed by atoms with Gasteiger partial charge in [-0.05, 0) is 43.7 Å². The zero-order valence-corrected chi connectivity index (χ0v) is 16.0. The lowest BCUT2D eigenvalue weighted by Gasteiger charge is -2.17. The number of benzene rings is 1. The molecule has 6 nitrogen and oxygen atoms in total. The van der Waals surface area contributed by atoms with Crippen LogP contribution in [-0.2, 0) is 6.54 Å². The number of imidazole rings is 1. The SMILES string of the molecule is CCN(CC)C(=O)c1nc(C(=O)NCc2ccc(Cl)cc2)c2ccccn12. The number of halogens is 1. The summed E-state index contributed by atoms with van der Waals surface area (Å²) in [5, 5.41) is 3.50. The second-order valence-corrected chi connectivity index (χ2v) is 6.46. The Balaban J connectivity index is 1.88. The van der Waals surface area contributed by atoms with Crippen LogP contribution in [0.3, 0.4) is 0 Å². The maximum atomic E-state index is 12.8. The predicted octanol–water partition coefficient (Wildman–Crippen LogP) is 3.40. The normalized spacial score (nSPS) is 10.8. The summed E-state index contributed by atoms with van der Waals surface area (Å²) >= 11 is 5.88. The van der Waals surface area contributed by atoms with E-state index >= 15 is 0 Å². The van der Waals surface area contributed by atoms with Crippen LogP contribution in [0.4, 0.5) is 0 Å². The van der Waals surface area contributed by atoms with Gasteiger partial charge in [0.15, 0.2) is 5.69 Å². The van der Waals surface area contributed by atoms with Crippen molar-refractivity contribution in [1.29, 1.82) is 0 Å². The van der Waals surface area contributed by atoms with E-state index in [1.807, 2.05) is 38.1 Å². The minimum Gasteiger partial charge on any atom is -0.347 e. The molecular formula is C20H21ClN4O2. The molecule has 140 valence electrons. The zero-order valence-electron chi connectivity index (χ0n) is 15.3. The van der Waals surface area contributed by atoms with Gasteiger partial charge in [0.25, 0.3) is 11.8 Å². The van der Waals surface area contributed by atoms with Crippen molar-refractivity contribution in [2.75, 3.05) is 13.1 Å². The first-order valence-electron chi connectivity index (χ1n) is 8.84. The average Bonchev–Trinajstić information content (AvgIpc) is 3.08. The van der Waals surface area contributed by atoms with Crippen molar-refractivity contribution in [1.82, 2.24) is 19.6 Å². The van der Waals surface area contributed by atoms with Crippen molar-refractivity contribution in [3.63, 3.8) is 0 Å². The van der Waals surface area contributed by atoms with Crippen molar-refractivity contribution < 1.29 is 9.59 Å². The lowest BCUT2D eigenvalue weighted by molar-refractivity contribution is 0.0760. The third kappa shape index (κ3) is 3.95. The fourth-order valence-electron chi connectivity index (χ4n) is 2.88. The molecule has 1 aromatic carbocycles. The van der Waals surface area contributed by atoms with Crippen LogP contribution >= 0.6 is 11.6 Å². The van der Waals surface area contributed by atoms with E-state index in [4.69, 9.17) is 11.6 Å². The lowest BCUT2D eigenvalue weighted by Crippen LogP contribution is -2.32. The van der Waals surface area contributed by atoms with E-state index in [1.165, 1.54) is 0 Å². The number of fused-ring (bicyclic) bond motifs is 1. The van der Waals surface area contributed by atoms with Crippen LogP contribution in [0.5, 0.6) is 0 Å². The number of carbonyl (C=O) groups excluding carboxylic acids is 2. The van der Waals surface area contributed by atoms with Gasteiger partial charge in [-0.15, -0.1) is 0 Å². The monoisotopic (exact) mass is 384 g/mol. The molecule has 2 heterocycles. The Bertz CT molecular complexity index is 962. The highest BCUT2D eigenvalue weighted by molar-refractivity contribution is 6.30. The highest BCUT2D eigenvalue weighted by Gasteiger charge is 2.23. The molecule has 2 amide bonds. The minimum atomic E-state index is -0.327. The van der Waals surface area contributed by atoms with Crippen LogP contribution in [0.1, 0.15) is 40.5 Å². The predicted molar refractivity (Wildman–Crippen MR) is 105 cm³/mol. The van der Waals surface area contributed by atoms with Crippen molar-refractivity contribution in [2.45, 2.75) is 20.4 Å². The van der Waals surface area contributed by atoms with Crippen LogP contribution in [0.25, 0.3) is 5.52 Å². The number of pyridine rings is 1. The Morgan fingerprint density at radius 3 is 2.48 bits per heavy atom. The molecule has 0 bridgehead atoms. The van der Waals surface area contributed by atoms with Gasteiger partial charge in [-0.1, -0.05) is 29.8 Å². The molecule has 0 aliphatic heterocycles. The number of nitrogens with one attached hydrogen (secondary N) is 1. The van der Waals surface area contributed by atoms with Crippen LogP contribution in [0, 0.1) is 0 Å². The van der Waals surface area contributed by atoms with E-state index in [0.29, 0.717) is 30.2 Å². The van der Waals surface area contributed by atoms with E-state index in [9.17, 15) is 9.59 Å². The molecule has 0 radical (unpaired) electrons. The topological polar surface area (TPSA) is 66.7 Å². The van der Waals surface area contributed by atoms with E-state index in [2.05, 4.69) is 10.3 Å². The second-order valence-electron chi connectivity index (χ2n) is 6.03. The maximum Gasteiger partial charge on any atom is 0.290 e. The molecule has 27 heavy (non-hydrogen) atoms. The molecule has 7 heteroatoms. The standard InChI is InChI=1S/C20H21ClN4O2/c1-3-24(4-2)20(27)18-23-17(16-7-5-6-12-25(16)18)19(26)22-13-14-8-10-15(21)11-9-14/h5-12H,3-4,13H2,1-2H3,(H,22,26). The minimum absolute atomic E-state index is 0.196. The molecular weight excluding hydrogens is 364 g/mol. The number of nitrogens with zero attached hydrogens (tertiary/aromatic N) is 3. The number of rotatable bonds is 6. The van der Waals surface area contributed by atoms with Crippen LogP contribution in [-0.4, -0.2) is 39.2 Å². The molecule has 0 spiro atoms. The van der Waals surface area contributed by atoms with Crippen LogP contribution < -0.4 is 5.32 Å². The summed E-state index contributed by atoms with van der Waals surface area (Å²) in [4.78, 5) is 31.5. The van der Waals surface area contributed by atoms with Crippen molar-refractivity contribution >= 4 is 28.9 Å². The largest absolute Gasteiger partial charge is 0.347 e. The zero-order chi connectivity index (χ0) is 19.4. The summed E-state index contributed by atoms with van der Waals surface area (Å²) in [6, 6.07) is 12.7. The molecule has 1 N–H and O–H groups in total. The van der Waals surface area contributed by atoms with Gasteiger partial charge in [0, 0.05) is 30.9 Å². The Morgan fingerprint density at radius 2 is 1.81 bits per heavy atom. The van der Waals surface area contributed by atoms with Crippen molar-refractivity contribution in [2.24, 2.45) is 0 Å². The first-order chi connectivity index (χ1) is 13.0. The van der Waals surface area contributed by atoms with E-state index in [1.54, 1.807) is 33.7 Å². The van der Waals surface area contributed by atoms with Gasteiger partial charge in [0.1, 0.15) is 0 Å². The molecule has 3 aromatic rings. The van der Waals surface area contributed by atoms with E-state index < -0.39 is 0 Å². The smallest absolute Gasteiger partial charge is 0.290 e. The summed E-state index contributed by atoms with van der Waals surface area (Å²) in [5.74, 6) is -0.281. The summed E-state index contributed by atoms with van der Waals surface area (Å²) in [7, 11) is 0. The molecule has 0 saturated heterocycles. The van der Waals surface area contributed by atoms with Gasteiger partial charge in [0.2, 0.25) is 5.82 Å². The third-order valence-electron chi connectivity index (χ3n) is 4.37. The van der Waals surface area contributed by atoms with E-state index in [-0.39, 0.29) is 23.3 Å². The Labute approximate surface area is 162 Å². The number of hydrogen-bond acceptors (Lipinski definition) is 3. The van der Waals surface area contributed by atoms with Gasteiger partial charge < -0.3 is 10.2 Å². The van der Waals surface area contributed by atoms with Gasteiger partial charge in [-0.3, -0.25) is 14.0 Å². The molecule has 0 saturated carbocycles.